The van der Waals surface area contributed by atoms with Crippen LogP contribution in [-0.2, 0) is 6.54 Å². The Labute approximate surface area is 196 Å². The van der Waals surface area contributed by atoms with Crippen molar-refractivity contribution in [2.75, 3.05) is 5.73 Å². The Hall–Kier alpha value is -3.71. The van der Waals surface area contributed by atoms with Gasteiger partial charge in [0.25, 0.3) is 5.91 Å². The second-order valence-electron chi connectivity index (χ2n) is 8.14. The van der Waals surface area contributed by atoms with Crippen LogP contribution in [-0.4, -0.2) is 20.4 Å². The van der Waals surface area contributed by atoms with Crippen molar-refractivity contribution in [2.45, 2.75) is 32.7 Å². The molecule has 33 heavy (non-hydrogen) atoms. The first-order valence-electron chi connectivity index (χ1n) is 11.0. The van der Waals surface area contributed by atoms with Gasteiger partial charge in [0.2, 0.25) is 0 Å². The second kappa shape index (κ2) is 8.67. The lowest BCUT2D eigenvalue weighted by molar-refractivity contribution is 0.0953. The minimum Gasteiger partial charge on any atom is -0.384 e. The number of anilines is 1. The van der Waals surface area contributed by atoms with E-state index in [2.05, 4.69) is 31.3 Å². The fraction of sp³-hybridized carbons (Fsp3) is 0.192. The zero-order chi connectivity index (χ0) is 22.9. The molecule has 7 heteroatoms. The van der Waals surface area contributed by atoms with E-state index in [0.717, 1.165) is 28.0 Å². The van der Waals surface area contributed by atoms with Crippen molar-refractivity contribution in [3.8, 4) is 5.69 Å². The van der Waals surface area contributed by atoms with Crippen LogP contribution in [0.25, 0.3) is 27.9 Å². The molecule has 0 aliphatic heterocycles. The normalized spacial score (nSPS) is 12.3. The average molecular weight is 456 g/mol. The molecule has 0 aliphatic carbocycles. The topological polar surface area (TPSA) is 85.8 Å². The monoisotopic (exact) mass is 455 g/mol. The highest BCUT2D eigenvalue weighted by molar-refractivity contribution is 7.09. The zero-order valence-corrected chi connectivity index (χ0v) is 19.4. The van der Waals surface area contributed by atoms with Crippen LogP contribution in [0.15, 0.2) is 66.0 Å². The molecular weight excluding hydrogens is 430 g/mol. The van der Waals surface area contributed by atoms with Crippen molar-refractivity contribution in [1.29, 1.82) is 0 Å². The van der Waals surface area contributed by atoms with Crippen LogP contribution in [0.4, 0.5) is 5.82 Å². The lowest BCUT2D eigenvalue weighted by atomic mass is 9.99. The van der Waals surface area contributed by atoms with Gasteiger partial charge in [0, 0.05) is 10.6 Å². The van der Waals surface area contributed by atoms with E-state index in [0.29, 0.717) is 35.0 Å². The Kier molecular flexibility index (Phi) is 5.56. The second-order valence-corrected chi connectivity index (χ2v) is 9.18. The van der Waals surface area contributed by atoms with Crippen molar-refractivity contribution in [2.24, 2.45) is 0 Å². The molecule has 0 unspecified atom stereocenters. The summed E-state index contributed by atoms with van der Waals surface area (Å²) in [7, 11) is 0. The van der Waals surface area contributed by atoms with E-state index in [1.54, 1.807) is 11.3 Å². The van der Waals surface area contributed by atoms with Crippen LogP contribution in [0.3, 0.4) is 0 Å². The van der Waals surface area contributed by atoms with Gasteiger partial charge in [-0.25, -0.2) is 9.97 Å². The number of carbonyl (C=O) groups excluding carboxylic acids is 1. The maximum Gasteiger partial charge on any atom is 0.257 e. The Morgan fingerprint density at radius 3 is 2.45 bits per heavy atom. The Morgan fingerprint density at radius 1 is 1.06 bits per heavy atom. The third-order valence-electron chi connectivity index (χ3n) is 6.06. The number of aromatic nitrogens is 3. The van der Waals surface area contributed by atoms with Crippen LogP contribution in [0.1, 0.15) is 47.0 Å². The van der Waals surface area contributed by atoms with E-state index in [1.807, 2.05) is 58.5 Å². The third kappa shape index (κ3) is 3.85. The van der Waals surface area contributed by atoms with Crippen LogP contribution in [0.5, 0.6) is 0 Å². The molecule has 0 fully saturated rings. The molecule has 1 amide bonds. The largest absolute Gasteiger partial charge is 0.384 e. The fourth-order valence-corrected chi connectivity index (χ4v) is 4.65. The smallest absolute Gasteiger partial charge is 0.257 e. The predicted molar refractivity (Wildman–Crippen MR) is 135 cm³/mol. The van der Waals surface area contributed by atoms with Crippen LogP contribution in [0, 0.1) is 0 Å². The number of hydrogen-bond donors (Lipinski definition) is 2. The molecular formula is C26H25N5OS. The number of thiophene rings is 1. The number of nitrogens with two attached hydrogens (primary N) is 1. The van der Waals surface area contributed by atoms with Gasteiger partial charge < -0.3 is 11.1 Å². The molecule has 2 aromatic carbocycles. The van der Waals surface area contributed by atoms with E-state index in [1.165, 1.54) is 5.56 Å². The van der Waals surface area contributed by atoms with Gasteiger partial charge in [0.1, 0.15) is 16.9 Å². The number of nitrogen functional groups attached to an aromatic ring is 1. The minimum atomic E-state index is -0.259. The van der Waals surface area contributed by atoms with Crippen molar-refractivity contribution >= 4 is 45.3 Å². The number of fused-ring (bicyclic) bond motifs is 2. The van der Waals surface area contributed by atoms with Gasteiger partial charge in [-0.05, 0) is 53.6 Å². The SMILES string of the molecule is CC[C@H](C)c1ccc(-n2c(N)c(C(=O)NCc3cccs3)c3nc4ccccc4nc32)cc1. The number of para-hydroxylation sites is 2. The number of hydrogen-bond acceptors (Lipinski definition) is 5. The molecule has 0 spiro atoms. The van der Waals surface area contributed by atoms with E-state index in [-0.39, 0.29) is 5.91 Å². The van der Waals surface area contributed by atoms with Crippen LogP contribution < -0.4 is 11.1 Å². The van der Waals surface area contributed by atoms with E-state index in [4.69, 9.17) is 15.7 Å². The van der Waals surface area contributed by atoms with Gasteiger partial charge in [0.05, 0.1) is 17.6 Å². The summed E-state index contributed by atoms with van der Waals surface area (Å²) in [4.78, 5) is 24.0. The van der Waals surface area contributed by atoms with Crippen molar-refractivity contribution < 1.29 is 4.79 Å². The predicted octanol–water partition coefficient (Wildman–Crippen LogP) is 5.66. The molecule has 3 heterocycles. The van der Waals surface area contributed by atoms with Crippen molar-refractivity contribution in [1.82, 2.24) is 19.9 Å². The van der Waals surface area contributed by atoms with Gasteiger partial charge >= 0.3 is 0 Å². The van der Waals surface area contributed by atoms with Gasteiger partial charge in [-0.15, -0.1) is 11.3 Å². The van der Waals surface area contributed by atoms with Gasteiger partial charge in [-0.2, -0.15) is 0 Å². The summed E-state index contributed by atoms with van der Waals surface area (Å²) in [5.41, 5.74) is 11.6. The van der Waals surface area contributed by atoms with Crippen LogP contribution >= 0.6 is 11.3 Å². The summed E-state index contributed by atoms with van der Waals surface area (Å²) in [6.45, 7) is 4.83. The molecule has 166 valence electrons. The van der Waals surface area contributed by atoms with Crippen LogP contribution in [0.2, 0.25) is 0 Å². The van der Waals surface area contributed by atoms with Gasteiger partial charge in [-0.1, -0.05) is 44.2 Å². The van der Waals surface area contributed by atoms with E-state index >= 15 is 0 Å². The first kappa shape index (κ1) is 21.2. The Bertz CT molecular complexity index is 1440. The lowest BCUT2D eigenvalue weighted by Crippen LogP contribution is -2.23. The first-order chi connectivity index (χ1) is 16.1. The molecule has 0 aliphatic rings. The average Bonchev–Trinajstić information content (AvgIpc) is 3.46. The molecule has 0 saturated heterocycles. The molecule has 1 atom stereocenters. The Balaban J connectivity index is 1.65. The number of nitrogens with one attached hydrogen (secondary N) is 1. The number of amides is 1. The van der Waals surface area contributed by atoms with Crippen molar-refractivity contribution in [3.63, 3.8) is 0 Å². The summed E-state index contributed by atoms with van der Waals surface area (Å²) < 4.78 is 1.83. The number of rotatable bonds is 6. The van der Waals surface area contributed by atoms with E-state index < -0.39 is 0 Å². The number of benzene rings is 2. The summed E-state index contributed by atoms with van der Waals surface area (Å²) in [5.74, 6) is 0.547. The molecule has 0 radical (unpaired) electrons. The molecule has 6 nitrogen and oxygen atoms in total. The highest BCUT2D eigenvalue weighted by Crippen LogP contribution is 2.32. The summed E-state index contributed by atoms with van der Waals surface area (Å²) in [5, 5.41) is 4.98. The lowest BCUT2D eigenvalue weighted by Gasteiger charge is -2.12. The molecule has 3 aromatic heterocycles. The summed E-state index contributed by atoms with van der Waals surface area (Å²) in [6.07, 6.45) is 1.07. The van der Waals surface area contributed by atoms with Gasteiger partial charge in [0.15, 0.2) is 5.65 Å². The van der Waals surface area contributed by atoms with E-state index in [9.17, 15) is 4.79 Å². The number of carbonyl (C=O) groups is 1. The van der Waals surface area contributed by atoms with Gasteiger partial charge in [-0.3, -0.25) is 9.36 Å². The maximum atomic E-state index is 13.3. The molecule has 5 aromatic rings. The highest BCUT2D eigenvalue weighted by Gasteiger charge is 2.25. The standard InChI is InChI=1S/C26H25N5OS/c1-3-16(2)17-10-12-18(13-11-17)31-24(27)22(26(32)28-15-19-7-6-14-33-19)23-25(31)30-21-9-5-4-8-20(21)29-23/h4-14,16H,3,15,27H2,1-2H3,(H,28,32)/t16-/m0/s1. The summed E-state index contributed by atoms with van der Waals surface area (Å²) >= 11 is 1.60. The molecule has 0 bridgehead atoms. The minimum absolute atomic E-state index is 0.259. The molecule has 5 rings (SSSR count). The summed E-state index contributed by atoms with van der Waals surface area (Å²) in [6, 6.07) is 19.9. The third-order valence-corrected chi connectivity index (χ3v) is 6.94. The first-order valence-corrected chi connectivity index (χ1v) is 11.9. The molecule has 0 saturated carbocycles. The fourth-order valence-electron chi connectivity index (χ4n) is 4.00. The Morgan fingerprint density at radius 2 is 1.79 bits per heavy atom. The molecule has 3 N–H and O–H groups in total. The number of nitrogens with zero attached hydrogens (tertiary/aromatic N) is 3. The quantitative estimate of drug-likeness (QED) is 0.346. The van der Waals surface area contributed by atoms with Crippen molar-refractivity contribution in [3.05, 3.63) is 82.0 Å². The highest BCUT2D eigenvalue weighted by atomic mass is 32.1. The zero-order valence-electron chi connectivity index (χ0n) is 18.6. The maximum absolute atomic E-state index is 13.3.